The summed E-state index contributed by atoms with van der Waals surface area (Å²) in [5.41, 5.74) is 0.135. The molecule has 0 aliphatic carbocycles. The molecule has 10 atom stereocenters. The Labute approximate surface area is 294 Å². The van der Waals surface area contributed by atoms with Crippen molar-refractivity contribution in [2.24, 2.45) is 0 Å². The molecular weight excluding hydrogens is 680 g/mol. The van der Waals surface area contributed by atoms with Gasteiger partial charge in [0, 0.05) is 12.1 Å². The number of rotatable bonds is 16. The monoisotopic (exact) mass is 726 g/mol. The Kier molecular flexibility index (Phi) is 14.6. The van der Waals surface area contributed by atoms with Crippen LogP contribution < -0.4 is 18.9 Å². The summed E-state index contributed by atoms with van der Waals surface area (Å²) in [5, 5.41) is 63.6. The van der Waals surface area contributed by atoms with Gasteiger partial charge in [-0.1, -0.05) is 0 Å². The molecule has 0 amide bonds. The lowest BCUT2D eigenvalue weighted by molar-refractivity contribution is -0.376. The van der Waals surface area contributed by atoms with E-state index in [2.05, 4.69) is 0 Å². The molecule has 2 fully saturated rings. The van der Waals surface area contributed by atoms with Crippen LogP contribution in [0, 0.1) is 0 Å². The van der Waals surface area contributed by atoms with Crippen LogP contribution in [0.2, 0.25) is 0 Å². The van der Waals surface area contributed by atoms with Crippen molar-refractivity contribution >= 4 is 11.9 Å². The predicted molar refractivity (Wildman–Crippen MR) is 173 cm³/mol. The highest BCUT2D eigenvalue weighted by Crippen LogP contribution is 2.30. The van der Waals surface area contributed by atoms with Crippen molar-refractivity contribution < 1.29 is 82.9 Å². The fourth-order valence-electron chi connectivity index (χ4n) is 5.33. The van der Waals surface area contributed by atoms with E-state index >= 15 is 0 Å². The van der Waals surface area contributed by atoms with Gasteiger partial charge in [-0.3, -0.25) is 0 Å². The fourth-order valence-corrected chi connectivity index (χ4v) is 5.33. The van der Waals surface area contributed by atoms with Crippen molar-refractivity contribution in [3.63, 3.8) is 0 Å². The number of hydrogen-bond acceptors (Lipinski definition) is 17. The first kappa shape index (κ1) is 40.0. The highest BCUT2D eigenvalue weighted by atomic mass is 16.8. The lowest BCUT2D eigenvalue weighted by atomic mass is 9.98. The van der Waals surface area contributed by atoms with Crippen LogP contribution >= 0.6 is 0 Å². The van der Waals surface area contributed by atoms with Gasteiger partial charge in [-0.05, 0) is 52.0 Å². The second kappa shape index (κ2) is 18.6. The number of carbonyl (C=O) groups excluding carboxylic acids is 2. The van der Waals surface area contributed by atoms with Crippen molar-refractivity contribution in [3.8, 4) is 23.0 Å². The van der Waals surface area contributed by atoms with Crippen molar-refractivity contribution in [1.29, 1.82) is 0 Å². The number of aliphatic hydroxyl groups is 6. The smallest absolute Gasteiger partial charge is 0.338 e. The zero-order chi connectivity index (χ0) is 37.2. The van der Waals surface area contributed by atoms with E-state index in [0.29, 0.717) is 49.4 Å². The molecule has 2 aliphatic heterocycles. The zero-order valence-electron chi connectivity index (χ0n) is 28.7. The zero-order valence-corrected chi connectivity index (χ0v) is 28.7. The van der Waals surface area contributed by atoms with Crippen molar-refractivity contribution in [2.45, 2.75) is 89.1 Å². The number of esters is 2. The second-order valence-corrected chi connectivity index (χ2v) is 11.5. The van der Waals surface area contributed by atoms with E-state index in [1.807, 2.05) is 0 Å². The third kappa shape index (κ3) is 10.2. The van der Waals surface area contributed by atoms with Crippen LogP contribution in [0.1, 0.15) is 48.4 Å². The molecule has 2 aliphatic rings. The van der Waals surface area contributed by atoms with Crippen molar-refractivity contribution in [2.75, 3.05) is 39.6 Å². The summed E-state index contributed by atoms with van der Waals surface area (Å²) >= 11 is 0. The molecule has 51 heavy (non-hydrogen) atoms. The van der Waals surface area contributed by atoms with Crippen LogP contribution in [0.25, 0.3) is 0 Å². The minimum Gasteiger partial charge on any atom is -0.494 e. The van der Waals surface area contributed by atoms with Crippen LogP contribution in [0.15, 0.2) is 36.4 Å². The summed E-state index contributed by atoms with van der Waals surface area (Å²) in [4.78, 5) is 25.8. The minimum atomic E-state index is -1.91. The van der Waals surface area contributed by atoms with E-state index in [1.54, 1.807) is 39.8 Å². The Balaban J connectivity index is 1.41. The largest absolute Gasteiger partial charge is 0.494 e. The number of hydrogen-bond donors (Lipinski definition) is 6. The molecular formula is C34H46O17. The maximum absolute atomic E-state index is 12.9. The summed E-state index contributed by atoms with van der Waals surface area (Å²) in [6, 6.07) is 8.93. The summed E-state index contributed by atoms with van der Waals surface area (Å²) in [5.74, 6) is -0.261. The molecule has 284 valence electrons. The van der Waals surface area contributed by atoms with Gasteiger partial charge < -0.3 is 73.3 Å². The maximum Gasteiger partial charge on any atom is 0.338 e. The first-order chi connectivity index (χ1) is 24.4. The quantitative estimate of drug-likeness (QED) is 0.124. The van der Waals surface area contributed by atoms with Gasteiger partial charge in [0.15, 0.2) is 12.6 Å². The maximum atomic E-state index is 12.9. The van der Waals surface area contributed by atoms with Gasteiger partial charge in [-0.2, -0.15) is 0 Å². The summed E-state index contributed by atoms with van der Waals surface area (Å²) in [6.45, 7) is 7.15. The number of benzene rings is 2. The van der Waals surface area contributed by atoms with Crippen LogP contribution in [-0.2, 0) is 23.7 Å². The van der Waals surface area contributed by atoms with Gasteiger partial charge in [0.2, 0.25) is 0 Å². The molecule has 0 radical (unpaired) electrons. The third-order valence-corrected chi connectivity index (χ3v) is 7.84. The van der Waals surface area contributed by atoms with Gasteiger partial charge >= 0.3 is 11.9 Å². The molecule has 2 aromatic rings. The van der Waals surface area contributed by atoms with Crippen molar-refractivity contribution in [1.82, 2.24) is 0 Å². The van der Waals surface area contributed by atoms with Crippen LogP contribution in [0.3, 0.4) is 0 Å². The van der Waals surface area contributed by atoms with Gasteiger partial charge in [0.25, 0.3) is 0 Å². The lowest BCUT2D eigenvalue weighted by Crippen LogP contribution is -2.64. The molecule has 4 rings (SSSR count). The molecule has 0 unspecified atom stereocenters. The fraction of sp³-hybridized carbons (Fsp3) is 0.588. The number of carbonyl (C=O) groups is 2. The molecule has 0 aromatic heterocycles. The second-order valence-electron chi connectivity index (χ2n) is 11.5. The topological polar surface area (TPSA) is 239 Å². The lowest BCUT2D eigenvalue weighted by Gasteiger charge is -2.44. The van der Waals surface area contributed by atoms with Crippen LogP contribution in [0.4, 0.5) is 0 Å². The molecule has 17 nitrogen and oxygen atoms in total. The normalized spacial score (nSPS) is 29.1. The number of ether oxygens (including phenoxy) is 9. The molecule has 0 bridgehead atoms. The van der Waals surface area contributed by atoms with E-state index in [1.165, 1.54) is 24.3 Å². The van der Waals surface area contributed by atoms with E-state index in [9.17, 15) is 40.2 Å². The van der Waals surface area contributed by atoms with Crippen molar-refractivity contribution in [3.05, 3.63) is 47.5 Å². The molecule has 17 heteroatoms. The summed E-state index contributed by atoms with van der Waals surface area (Å²) in [6.07, 6.45) is -17.6. The Hall–Kier alpha value is -3.78. The third-order valence-electron chi connectivity index (χ3n) is 7.84. The van der Waals surface area contributed by atoms with Crippen LogP contribution in [-0.4, -0.2) is 144 Å². The summed E-state index contributed by atoms with van der Waals surface area (Å²) < 4.78 is 49.4. The first-order valence-corrected chi connectivity index (χ1v) is 16.6. The molecule has 2 aromatic carbocycles. The molecule has 0 spiro atoms. The van der Waals surface area contributed by atoms with E-state index in [0.717, 1.165) is 0 Å². The molecule has 0 saturated carbocycles. The highest BCUT2D eigenvalue weighted by Gasteiger charge is 2.50. The average Bonchev–Trinajstić information content (AvgIpc) is 3.11. The Morgan fingerprint density at radius 1 is 0.510 bits per heavy atom. The Morgan fingerprint density at radius 3 is 1.12 bits per heavy atom. The van der Waals surface area contributed by atoms with Gasteiger partial charge in [0.1, 0.15) is 85.0 Å². The highest BCUT2D eigenvalue weighted by molar-refractivity contribution is 5.91. The molecule has 6 N–H and O–H groups in total. The summed E-state index contributed by atoms with van der Waals surface area (Å²) in [7, 11) is 0. The SMILES string of the molecule is CCOc1cc(OCC)cc(C(=O)OC[C@H]2O[C@H](O[C@H]3O[C@H](COC(=O)c4cc(OCC)cc(OCC)c4)[C@@H](O)[C@H](O)[C@H]3O)[C@H](O)[C@@H](O)[C@@H]2O)c1. The Morgan fingerprint density at radius 2 is 0.824 bits per heavy atom. The van der Waals surface area contributed by atoms with Gasteiger partial charge in [-0.25, -0.2) is 9.59 Å². The first-order valence-electron chi connectivity index (χ1n) is 16.6. The standard InChI is InChI=1S/C34H46O17/c1-5-43-19-9-17(10-20(13-19)44-6-2)31(41)47-15-23-25(35)27(37)29(39)33(49-23)51-34-30(40)28(38)26(36)24(50-34)16-48-32(42)18-11-21(45-7-3)14-22(12-18)46-8-4/h9-14,23-30,33-40H,5-8,15-16H2,1-4H3/t23-,24-,25-,26-,27+,28+,29-,30-,33-,34-/m1/s1. The molecule has 2 heterocycles. The van der Waals surface area contributed by atoms with Gasteiger partial charge in [0.05, 0.1) is 37.6 Å². The minimum absolute atomic E-state index is 0.0674. The van der Waals surface area contributed by atoms with E-state index in [-0.39, 0.29) is 11.1 Å². The van der Waals surface area contributed by atoms with Crippen LogP contribution in [0.5, 0.6) is 23.0 Å². The molecule has 2 saturated heterocycles. The van der Waals surface area contributed by atoms with E-state index in [4.69, 9.17) is 42.6 Å². The van der Waals surface area contributed by atoms with Gasteiger partial charge in [-0.15, -0.1) is 0 Å². The predicted octanol–water partition coefficient (Wildman–Crippen LogP) is -0.0730. The number of aliphatic hydroxyl groups excluding tert-OH is 6. The Bertz CT molecular complexity index is 1280. The average molecular weight is 727 g/mol. The van der Waals surface area contributed by atoms with E-state index < -0.39 is 86.6 Å².